The first-order valence-corrected chi connectivity index (χ1v) is 23.2. The molecule has 13 rings (SSSR count). The summed E-state index contributed by atoms with van der Waals surface area (Å²) >= 11 is 0. The highest BCUT2D eigenvalue weighted by atomic mass is 16.6. The maximum Gasteiger partial charge on any atom is 0.177 e. The van der Waals surface area contributed by atoms with Crippen LogP contribution in [0, 0.1) is 0 Å². The summed E-state index contributed by atoms with van der Waals surface area (Å²) in [5, 5.41) is 0. The van der Waals surface area contributed by atoms with Gasteiger partial charge in [-0.05, 0) is 97.6 Å². The Bertz CT molecular complexity index is 3580. The molecule has 69 heavy (non-hydrogen) atoms. The molecule has 5 heteroatoms. The second kappa shape index (κ2) is 16.6. The molecule has 0 saturated carbocycles. The molecule has 0 unspecified atom stereocenters. The van der Waals surface area contributed by atoms with Gasteiger partial charge in [0.15, 0.2) is 40.5 Å². The van der Waals surface area contributed by atoms with E-state index in [0.717, 1.165) is 61.2 Å². The van der Waals surface area contributed by atoms with Crippen LogP contribution in [-0.4, -0.2) is 15.0 Å². The van der Waals surface area contributed by atoms with Crippen LogP contribution in [-0.2, 0) is 5.41 Å². The van der Waals surface area contributed by atoms with Crippen molar-refractivity contribution >= 4 is 0 Å². The predicted octanol–water partition coefficient (Wildman–Crippen LogP) is 16.1. The maximum absolute atomic E-state index is 7.01. The zero-order valence-corrected chi connectivity index (χ0v) is 37.3. The average Bonchev–Trinajstić information content (AvgIpc) is 3.72. The van der Waals surface area contributed by atoms with Crippen LogP contribution >= 0.6 is 0 Å². The number of hydrogen-bond donors (Lipinski definition) is 0. The minimum absolute atomic E-state index is 0.556. The molecule has 0 radical (unpaired) electrons. The van der Waals surface area contributed by atoms with Gasteiger partial charge in [-0.3, -0.25) is 0 Å². The number of fused-ring (bicyclic) bond motifs is 5. The number of nitrogens with zero attached hydrogens (tertiary/aromatic N) is 3. The Kier molecular flexibility index (Phi) is 9.65. The van der Waals surface area contributed by atoms with Crippen LogP contribution in [0.2, 0.25) is 0 Å². The molecule has 0 bridgehead atoms. The van der Waals surface area contributed by atoms with Gasteiger partial charge in [-0.2, -0.15) is 0 Å². The van der Waals surface area contributed by atoms with E-state index in [1.165, 1.54) is 22.3 Å². The first-order chi connectivity index (χ1) is 34.2. The third kappa shape index (κ3) is 6.90. The van der Waals surface area contributed by atoms with E-state index in [4.69, 9.17) is 24.4 Å². The third-order valence-electron chi connectivity index (χ3n) is 13.5. The number of hydrogen-bond acceptors (Lipinski definition) is 5. The Morgan fingerprint density at radius 1 is 0.261 bits per heavy atom. The molecule has 2 aliphatic rings. The van der Waals surface area contributed by atoms with Crippen molar-refractivity contribution in [3.8, 4) is 102 Å². The predicted molar refractivity (Wildman–Crippen MR) is 276 cm³/mol. The Balaban J connectivity index is 0.912. The Labute approximate surface area is 400 Å². The zero-order valence-electron chi connectivity index (χ0n) is 37.3. The van der Waals surface area contributed by atoms with E-state index in [9.17, 15) is 0 Å². The SMILES string of the molecule is c1ccc(-c2cccc(-c3nc(-c4cccc(-c5ccccc5)c4)nc(-c4cccc(-c5cccc6c5Oc5cc7c(cc5O6)C(c5ccccc5)(c5ccccc5)c5ccccc5-7)c4)n3)c2)cc1. The lowest BCUT2D eigenvalue weighted by Crippen LogP contribution is -2.28. The smallest absolute Gasteiger partial charge is 0.177 e. The number of para-hydroxylation sites is 1. The van der Waals surface area contributed by atoms with Crippen molar-refractivity contribution in [3.63, 3.8) is 0 Å². The largest absolute Gasteiger partial charge is 0.449 e. The lowest BCUT2D eigenvalue weighted by atomic mass is 9.67. The molecule has 10 aromatic carbocycles. The highest BCUT2D eigenvalue weighted by molar-refractivity contribution is 5.89. The van der Waals surface area contributed by atoms with Gasteiger partial charge in [0.25, 0.3) is 0 Å². The molecule has 1 aliphatic heterocycles. The molecular weight excluding hydrogens is 843 g/mol. The van der Waals surface area contributed by atoms with E-state index in [2.05, 4.69) is 218 Å². The van der Waals surface area contributed by atoms with E-state index < -0.39 is 5.41 Å². The summed E-state index contributed by atoms with van der Waals surface area (Å²) in [6.45, 7) is 0. The summed E-state index contributed by atoms with van der Waals surface area (Å²) in [6, 6.07) is 86.7. The number of aromatic nitrogens is 3. The van der Waals surface area contributed by atoms with Crippen molar-refractivity contribution in [3.05, 3.63) is 271 Å². The quantitative estimate of drug-likeness (QED) is 0.152. The summed E-state index contributed by atoms with van der Waals surface area (Å²) in [4.78, 5) is 15.5. The van der Waals surface area contributed by atoms with E-state index in [0.29, 0.717) is 40.5 Å². The molecule has 0 saturated heterocycles. The van der Waals surface area contributed by atoms with Gasteiger partial charge in [0.2, 0.25) is 0 Å². The second-order valence-corrected chi connectivity index (χ2v) is 17.5. The molecule has 2 heterocycles. The normalized spacial score (nSPS) is 12.7. The first-order valence-electron chi connectivity index (χ1n) is 23.2. The van der Waals surface area contributed by atoms with Gasteiger partial charge in [0, 0.05) is 22.3 Å². The Hall–Kier alpha value is -9.19. The van der Waals surface area contributed by atoms with Crippen LogP contribution in [0.3, 0.4) is 0 Å². The van der Waals surface area contributed by atoms with Crippen molar-refractivity contribution < 1.29 is 9.47 Å². The topological polar surface area (TPSA) is 57.1 Å². The number of rotatable bonds is 8. The summed E-state index contributed by atoms with van der Waals surface area (Å²) in [7, 11) is 0. The van der Waals surface area contributed by atoms with Gasteiger partial charge >= 0.3 is 0 Å². The van der Waals surface area contributed by atoms with E-state index in [1.54, 1.807) is 0 Å². The van der Waals surface area contributed by atoms with Crippen LogP contribution in [0.25, 0.3) is 78.7 Å². The summed E-state index contributed by atoms with van der Waals surface area (Å²) < 4.78 is 13.9. The molecule has 324 valence electrons. The number of benzene rings is 10. The van der Waals surface area contributed by atoms with E-state index in [-0.39, 0.29) is 0 Å². The minimum Gasteiger partial charge on any atom is -0.449 e. The van der Waals surface area contributed by atoms with Crippen molar-refractivity contribution in [2.24, 2.45) is 0 Å². The summed E-state index contributed by atoms with van der Waals surface area (Å²) in [5.41, 5.74) is 15.4. The highest BCUT2D eigenvalue weighted by Gasteiger charge is 2.47. The summed E-state index contributed by atoms with van der Waals surface area (Å²) in [6.07, 6.45) is 0. The van der Waals surface area contributed by atoms with Crippen molar-refractivity contribution in [1.29, 1.82) is 0 Å². The monoisotopic (exact) mass is 883 g/mol. The van der Waals surface area contributed by atoms with E-state index in [1.807, 2.05) is 30.3 Å². The molecule has 1 aromatic heterocycles. The lowest BCUT2D eigenvalue weighted by molar-refractivity contribution is 0.360. The Morgan fingerprint density at radius 3 is 1.25 bits per heavy atom. The van der Waals surface area contributed by atoms with Crippen LogP contribution in [0.4, 0.5) is 0 Å². The summed E-state index contributed by atoms with van der Waals surface area (Å²) in [5.74, 6) is 4.38. The van der Waals surface area contributed by atoms with Crippen LogP contribution in [0.5, 0.6) is 23.0 Å². The minimum atomic E-state index is -0.556. The van der Waals surface area contributed by atoms with Gasteiger partial charge in [-0.25, -0.2) is 15.0 Å². The third-order valence-corrected chi connectivity index (χ3v) is 13.5. The van der Waals surface area contributed by atoms with Gasteiger partial charge in [0.1, 0.15) is 0 Å². The lowest BCUT2D eigenvalue weighted by Gasteiger charge is -2.34. The van der Waals surface area contributed by atoms with E-state index >= 15 is 0 Å². The van der Waals surface area contributed by atoms with Crippen molar-refractivity contribution in [2.75, 3.05) is 0 Å². The number of ether oxygens (including phenoxy) is 2. The van der Waals surface area contributed by atoms with Crippen LogP contribution < -0.4 is 9.47 Å². The zero-order chi connectivity index (χ0) is 45.7. The average molecular weight is 884 g/mol. The first kappa shape index (κ1) is 40.1. The molecule has 0 atom stereocenters. The fourth-order valence-electron chi connectivity index (χ4n) is 10.3. The fourth-order valence-corrected chi connectivity index (χ4v) is 10.3. The second-order valence-electron chi connectivity index (χ2n) is 17.5. The molecule has 11 aromatic rings. The van der Waals surface area contributed by atoms with Gasteiger partial charge in [-0.15, -0.1) is 0 Å². The molecular formula is C64H41N3O2. The standard InChI is InChI=1S/C64H41N3O2/c1-5-19-42(20-6-1)44-23-15-26-47(37-44)61-65-62(48-27-16-24-45(38-48)43-21-7-2-8-22-43)67-63(66-61)49-28-17-25-46(39-49)52-34-18-36-57-60(52)69-58-40-54-53-33-13-14-35-55(53)64(50-29-9-3-10-30-50,51-31-11-4-12-32-51)56(54)41-59(58)68-57/h1-41H. The van der Waals surface area contributed by atoms with Crippen molar-refractivity contribution in [2.45, 2.75) is 5.41 Å². The van der Waals surface area contributed by atoms with Crippen LogP contribution in [0.1, 0.15) is 22.3 Å². The molecule has 0 fully saturated rings. The van der Waals surface area contributed by atoms with Crippen molar-refractivity contribution in [1.82, 2.24) is 15.0 Å². The van der Waals surface area contributed by atoms with Gasteiger partial charge in [0.05, 0.1) is 5.41 Å². The highest BCUT2D eigenvalue weighted by Crippen LogP contribution is 2.60. The maximum atomic E-state index is 7.01. The molecule has 0 spiro atoms. The Morgan fingerprint density at radius 2 is 0.681 bits per heavy atom. The molecule has 0 amide bonds. The van der Waals surface area contributed by atoms with Gasteiger partial charge in [-0.1, -0.05) is 212 Å². The molecule has 5 nitrogen and oxygen atoms in total. The molecule has 0 N–H and O–H groups in total. The fraction of sp³-hybridized carbons (Fsp3) is 0.0156. The van der Waals surface area contributed by atoms with Gasteiger partial charge < -0.3 is 9.47 Å². The molecule has 1 aliphatic carbocycles. The van der Waals surface area contributed by atoms with Crippen LogP contribution in [0.15, 0.2) is 249 Å².